The highest BCUT2D eigenvalue weighted by molar-refractivity contribution is 14.1. The van der Waals surface area contributed by atoms with Crippen molar-refractivity contribution in [3.8, 4) is 0 Å². The molecule has 1 amide bonds. The lowest BCUT2D eigenvalue weighted by molar-refractivity contribution is -0.138. The maximum Gasteiger partial charge on any atom is 0.409 e. The molecule has 1 N–H and O–H groups in total. The minimum Gasteiger partial charge on any atom is -0.465 e. The third kappa shape index (κ3) is 5.31. The number of ether oxygens (including phenoxy) is 2. The first-order chi connectivity index (χ1) is 12.1. The number of amides is 1. The number of nitrogens with zero attached hydrogens (tertiary/aromatic N) is 1. The van der Waals surface area contributed by atoms with Crippen molar-refractivity contribution in [2.75, 3.05) is 13.9 Å². The molecule has 1 aromatic carbocycles. The third-order valence-electron chi connectivity index (χ3n) is 4.84. The molecule has 140 valence electrons. The van der Waals surface area contributed by atoms with Crippen LogP contribution in [0.3, 0.4) is 0 Å². The molecule has 2 rings (SSSR count). The molecule has 0 saturated heterocycles. The van der Waals surface area contributed by atoms with Gasteiger partial charge in [0.15, 0.2) is 0 Å². The molecule has 1 saturated carbocycles. The highest BCUT2D eigenvalue weighted by Crippen LogP contribution is 2.39. The van der Waals surface area contributed by atoms with Crippen molar-refractivity contribution in [3.63, 3.8) is 0 Å². The zero-order valence-electron chi connectivity index (χ0n) is 15.0. The summed E-state index contributed by atoms with van der Waals surface area (Å²) in [5, 5.41) is 9.96. The van der Waals surface area contributed by atoms with Crippen molar-refractivity contribution in [2.45, 2.75) is 63.6 Å². The number of carboxylic acid groups (broad SMARTS) is 1. The summed E-state index contributed by atoms with van der Waals surface area (Å²) in [6, 6.07) is 8.24. The van der Waals surface area contributed by atoms with Crippen molar-refractivity contribution >= 4 is 28.7 Å². The molecule has 1 fully saturated rings. The van der Waals surface area contributed by atoms with Gasteiger partial charge in [-0.1, -0.05) is 44.4 Å². The van der Waals surface area contributed by atoms with E-state index in [9.17, 15) is 9.90 Å². The Hall–Kier alpha value is -0.860. The number of benzene rings is 1. The van der Waals surface area contributed by atoms with E-state index < -0.39 is 12.3 Å². The van der Waals surface area contributed by atoms with E-state index in [4.69, 9.17) is 9.47 Å². The van der Waals surface area contributed by atoms with E-state index in [2.05, 4.69) is 34.7 Å². The average molecular weight is 461 g/mol. The van der Waals surface area contributed by atoms with Crippen LogP contribution in [0.4, 0.5) is 4.79 Å². The lowest BCUT2D eigenvalue weighted by Gasteiger charge is -2.42. The molecule has 1 aromatic rings. The number of rotatable bonds is 8. The highest BCUT2D eigenvalue weighted by Gasteiger charge is 2.38. The van der Waals surface area contributed by atoms with Crippen molar-refractivity contribution in [3.05, 3.63) is 33.4 Å². The second-order valence-electron chi connectivity index (χ2n) is 6.49. The summed E-state index contributed by atoms with van der Waals surface area (Å²) < 4.78 is 12.0. The molecule has 0 bridgehead atoms. The number of carbonyl (C=O) groups is 1. The van der Waals surface area contributed by atoms with E-state index in [1.54, 1.807) is 12.0 Å². The molecule has 1 unspecified atom stereocenters. The zero-order chi connectivity index (χ0) is 18.2. The molecule has 0 heterocycles. The topological polar surface area (TPSA) is 59.0 Å². The van der Waals surface area contributed by atoms with Gasteiger partial charge in [-0.05, 0) is 53.5 Å². The van der Waals surface area contributed by atoms with E-state index in [0.717, 1.165) is 32.1 Å². The first kappa shape index (κ1) is 20.5. The smallest absolute Gasteiger partial charge is 0.409 e. The Bertz CT molecular complexity index is 554. The van der Waals surface area contributed by atoms with E-state index in [-0.39, 0.29) is 18.8 Å². The SMILES string of the molecule is CCCC(OCOC)N(C(=O)O)[C@H]1CCCC[C@H]1c1ccccc1I. The lowest BCUT2D eigenvalue weighted by atomic mass is 9.79. The third-order valence-corrected chi connectivity index (χ3v) is 5.82. The van der Waals surface area contributed by atoms with Gasteiger partial charge in [0.1, 0.15) is 13.0 Å². The first-order valence-electron chi connectivity index (χ1n) is 8.96. The van der Waals surface area contributed by atoms with Crippen LogP contribution in [0.1, 0.15) is 56.9 Å². The van der Waals surface area contributed by atoms with Crippen LogP contribution < -0.4 is 0 Å². The Labute approximate surface area is 163 Å². The van der Waals surface area contributed by atoms with Gasteiger partial charge in [0.2, 0.25) is 0 Å². The Morgan fingerprint density at radius 3 is 2.72 bits per heavy atom. The number of methoxy groups -OCH3 is 1. The summed E-state index contributed by atoms with van der Waals surface area (Å²) >= 11 is 2.35. The lowest BCUT2D eigenvalue weighted by Crippen LogP contribution is -2.51. The predicted octanol–water partition coefficient (Wildman–Crippen LogP) is 5.04. The van der Waals surface area contributed by atoms with Gasteiger partial charge in [0.25, 0.3) is 0 Å². The van der Waals surface area contributed by atoms with E-state index in [1.165, 1.54) is 9.13 Å². The normalized spacial score (nSPS) is 21.7. The highest BCUT2D eigenvalue weighted by atomic mass is 127. The van der Waals surface area contributed by atoms with Crippen LogP contribution in [0.2, 0.25) is 0 Å². The van der Waals surface area contributed by atoms with E-state index in [0.29, 0.717) is 6.42 Å². The van der Waals surface area contributed by atoms with Gasteiger partial charge in [0.05, 0.1) is 0 Å². The monoisotopic (exact) mass is 461 g/mol. The molecular weight excluding hydrogens is 433 g/mol. The van der Waals surface area contributed by atoms with Crippen LogP contribution in [0, 0.1) is 3.57 Å². The van der Waals surface area contributed by atoms with Crippen molar-refractivity contribution in [1.29, 1.82) is 0 Å². The van der Waals surface area contributed by atoms with Crippen LogP contribution in [0.5, 0.6) is 0 Å². The summed E-state index contributed by atoms with van der Waals surface area (Å²) in [5.74, 6) is 0.212. The Morgan fingerprint density at radius 2 is 2.08 bits per heavy atom. The van der Waals surface area contributed by atoms with Crippen LogP contribution in [0.25, 0.3) is 0 Å². The van der Waals surface area contributed by atoms with Crippen molar-refractivity contribution < 1.29 is 19.4 Å². The summed E-state index contributed by atoms with van der Waals surface area (Å²) in [5.41, 5.74) is 1.25. The molecule has 25 heavy (non-hydrogen) atoms. The molecule has 3 atom stereocenters. The van der Waals surface area contributed by atoms with Gasteiger partial charge >= 0.3 is 6.09 Å². The summed E-state index contributed by atoms with van der Waals surface area (Å²) in [7, 11) is 1.56. The number of hydrogen-bond donors (Lipinski definition) is 1. The van der Waals surface area contributed by atoms with Gasteiger partial charge in [-0.15, -0.1) is 0 Å². The maximum absolute atomic E-state index is 12.1. The summed E-state index contributed by atoms with van der Waals surface area (Å²) in [4.78, 5) is 13.7. The first-order valence-corrected chi connectivity index (χ1v) is 10.0. The molecule has 0 spiro atoms. The van der Waals surface area contributed by atoms with Crippen LogP contribution in [-0.2, 0) is 9.47 Å². The fourth-order valence-corrected chi connectivity index (χ4v) is 4.55. The van der Waals surface area contributed by atoms with Gasteiger partial charge in [0, 0.05) is 22.6 Å². The summed E-state index contributed by atoms with van der Waals surface area (Å²) in [6.07, 6.45) is 4.24. The van der Waals surface area contributed by atoms with Crippen LogP contribution in [0.15, 0.2) is 24.3 Å². The van der Waals surface area contributed by atoms with Gasteiger partial charge in [-0.3, -0.25) is 4.90 Å². The van der Waals surface area contributed by atoms with Crippen molar-refractivity contribution in [2.24, 2.45) is 0 Å². The fourth-order valence-electron chi connectivity index (χ4n) is 3.76. The van der Waals surface area contributed by atoms with Gasteiger partial charge < -0.3 is 14.6 Å². The zero-order valence-corrected chi connectivity index (χ0v) is 17.1. The quantitative estimate of drug-likeness (QED) is 0.435. The largest absolute Gasteiger partial charge is 0.465 e. The minimum atomic E-state index is -0.905. The Morgan fingerprint density at radius 1 is 1.36 bits per heavy atom. The van der Waals surface area contributed by atoms with Crippen LogP contribution >= 0.6 is 22.6 Å². The fraction of sp³-hybridized carbons (Fsp3) is 0.632. The van der Waals surface area contributed by atoms with E-state index >= 15 is 0 Å². The second-order valence-corrected chi connectivity index (χ2v) is 7.65. The average Bonchev–Trinajstić information content (AvgIpc) is 2.60. The molecule has 0 aliphatic heterocycles. The van der Waals surface area contributed by atoms with Gasteiger partial charge in [-0.25, -0.2) is 4.79 Å². The molecule has 1 aliphatic carbocycles. The molecule has 0 aromatic heterocycles. The molecule has 1 aliphatic rings. The molecule has 0 radical (unpaired) electrons. The summed E-state index contributed by atoms with van der Waals surface area (Å²) in [6.45, 7) is 2.15. The van der Waals surface area contributed by atoms with Crippen LogP contribution in [-0.4, -0.2) is 42.3 Å². The van der Waals surface area contributed by atoms with Gasteiger partial charge in [-0.2, -0.15) is 0 Å². The minimum absolute atomic E-state index is 0.0597. The molecule has 5 nitrogen and oxygen atoms in total. The second kappa shape index (κ2) is 10.3. The number of halogens is 1. The molecular formula is C19H28INO4. The van der Waals surface area contributed by atoms with E-state index in [1.807, 2.05) is 19.1 Å². The Balaban J connectivity index is 2.32. The Kier molecular flexibility index (Phi) is 8.45. The predicted molar refractivity (Wildman–Crippen MR) is 106 cm³/mol. The number of hydrogen-bond acceptors (Lipinski definition) is 3. The molecule has 6 heteroatoms. The maximum atomic E-state index is 12.1. The van der Waals surface area contributed by atoms with Crippen molar-refractivity contribution in [1.82, 2.24) is 4.90 Å². The standard InChI is InChI=1S/C19H28INO4/c1-3-8-18(25-13-24-2)21(19(22)23)17-12-7-5-10-15(17)14-9-4-6-11-16(14)20/h4,6,9,11,15,17-18H,3,5,7-8,10,12-13H2,1-2H3,(H,22,23)/t15-,17-,18?/m0/s1.